The standard InChI is InChI=1S/C17H20N2/c1-3-5-6-11-16(18-4-2)17-15-10-8-7-9-14(15)12-13-19-17/h1,7-10,12-13,16,18H,4-6,11H2,2H3. The van der Waals surface area contributed by atoms with E-state index >= 15 is 0 Å². The number of benzene rings is 1. The van der Waals surface area contributed by atoms with Gasteiger partial charge < -0.3 is 5.32 Å². The molecule has 19 heavy (non-hydrogen) atoms. The summed E-state index contributed by atoms with van der Waals surface area (Å²) in [4.78, 5) is 4.59. The van der Waals surface area contributed by atoms with Gasteiger partial charge in [-0.2, -0.15) is 0 Å². The highest BCUT2D eigenvalue weighted by Gasteiger charge is 2.14. The minimum Gasteiger partial charge on any atom is -0.309 e. The molecule has 1 heterocycles. The van der Waals surface area contributed by atoms with Gasteiger partial charge >= 0.3 is 0 Å². The fourth-order valence-electron chi connectivity index (χ4n) is 2.41. The second-order valence-corrected chi connectivity index (χ2v) is 4.62. The first-order chi connectivity index (χ1) is 9.36. The van der Waals surface area contributed by atoms with Gasteiger partial charge in [-0.1, -0.05) is 31.2 Å². The molecule has 0 saturated heterocycles. The number of rotatable bonds is 6. The Labute approximate surface area is 115 Å². The van der Waals surface area contributed by atoms with Crippen molar-refractivity contribution in [2.24, 2.45) is 0 Å². The van der Waals surface area contributed by atoms with Crippen molar-refractivity contribution in [3.05, 3.63) is 42.2 Å². The predicted octanol–water partition coefficient (Wildman–Crippen LogP) is 3.69. The van der Waals surface area contributed by atoms with E-state index in [4.69, 9.17) is 6.42 Å². The maximum absolute atomic E-state index is 5.33. The Morgan fingerprint density at radius 3 is 2.95 bits per heavy atom. The quantitative estimate of drug-likeness (QED) is 0.626. The van der Waals surface area contributed by atoms with E-state index in [2.05, 4.69) is 53.5 Å². The molecule has 1 N–H and O–H groups in total. The van der Waals surface area contributed by atoms with E-state index in [1.165, 1.54) is 10.8 Å². The van der Waals surface area contributed by atoms with Gasteiger partial charge in [-0.15, -0.1) is 12.3 Å². The van der Waals surface area contributed by atoms with Crippen LogP contribution in [0.25, 0.3) is 10.8 Å². The van der Waals surface area contributed by atoms with Crippen molar-refractivity contribution < 1.29 is 0 Å². The van der Waals surface area contributed by atoms with Gasteiger partial charge in [0.05, 0.1) is 11.7 Å². The molecule has 2 rings (SSSR count). The molecule has 1 unspecified atom stereocenters. The van der Waals surface area contributed by atoms with Gasteiger partial charge in [0.1, 0.15) is 0 Å². The van der Waals surface area contributed by atoms with E-state index in [0.29, 0.717) is 0 Å². The summed E-state index contributed by atoms with van der Waals surface area (Å²) >= 11 is 0. The molecule has 0 amide bonds. The first-order valence-electron chi connectivity index (χ1n) is 6.87. The number of fused-ring (bicyclic) bond motifs is 1. The number of nitrogens with zero attached hydrogens (tertiary/aromatic N) is 1. The van der Waals surface area contributed by atoms with Crippen LogP contribution >= 0.6 is 0 Å². The van der Waals surface area contributed by atoms with Crippen LogP contribution in [0.3, 0.4) is 0 Å². The minimum atomic E-state index is 0.282. The van der Waals surface area contributed by atoms with Gasteiger partial charge in [0.25, 0.3) is 0 Å². The number of nitrogens with one attached hydrogen (secondary N) is 1. The third-order valence-electron chi connectivity index (χ3n) is 3.30. The molecule has 0 aliphatic rings. The smallest absolute Gasteiger partial charge is 0.0651 e. The molecule has 0 saturated carbocycles. The summed E-state index contributed by atoms with van der Waals surface area (Å²) in [6.07, 6.45) is 10.1. The van der Waals surface area contributed by atoms with Crippen LogP contribution in [-0.2, 0) is 0 Å². The Morgan fingerprint density at radius 1 is 1.32 bits per heavy atom. The van der Waals surface area contributed by atoms with Gasteiger partial charge in [0, 0.05) is 18.0 Å². The lowest BCUT2D eigenvalue weighted by atomic mass is 10.0. The molecule has 0 aliphatic heterocycles. The topological polar surface area (TPSA) is 24.9 Å². The van der Waals surface area contributed by atoms with Crippen molar-refractivity contribution in [1.82, 2.24) is 10.3 Å². The summed E-state index contributed by atoms with van der Waals surface area (Å²) in [5.74, 6) is 2.71. The van der Waals surface area contributed by atoms with Crippen molar-refractivity contribution >= 4 is 10.8 Å². The highest BCUT2D eigenvalue weighted by molar-refractivity contribution is 5.84. The molecule has 0 bridgehead atoms. The lowest BCUT2D eigenvalue weighted by molar-refractivity contribution is 0.494. The lowest BCUT2D eigenvalue weighted by Gasteiger charge is -2.18. The van der Waals surface area contributed by atoms with Gasteiger partial charge in [-0.3, -0.25) is 4.98 Å². The van der Waals surface area contributed by atoms with E-state index in [1.807, 2.05) is 6.20 Å². The molecular formula is C17H20N2. The summed E-state index contributed by atoms with van der Waals surface area (Å²) in [7, 11) is 0. The van der Waals surface area contributed by atoms with Gasteiger partial charge in [0.2, 0.25) is 0 Å². The molecule has 1 aromatic heterocycles. The average molecular weight is 252 g/mol. The Kier molecular flexibility index (Phi) is 4.94. The number of hydrogen-bond acceptors (Lipinski definition) is 2. The molecule has 2 heteroatoms. The number of aromatic nitrogens is 1. The first kappa shape index (κ1) is 13.6. The van der Waals surface area contributed by atoms with E-state index in [-0.39, 0.29) is 6.04 Å². The number of hydrogen-bond donors (Lipinski definition) is 1. The molecule has 2 aromatic rings. The summed E-state index contributed by atoms with van der Waals surface area (Å²) in [6.45, 7) is 3.06. The molecule has 1 aromatic carbocycles. The highest BCUT2D eigenvalue weighted by atomic mass is 14.9. The van der Waals surface area contributed by atoms with Crippen molar-refractivity contribution in [1.29, 1.82) is 0 Å². The SMILES string of the molecule is C#CCCCC(NCC)c1nccc2ccccc12. The molecule has 0 spiro atoms. The van der Waals surface area contributed by atoms with Crippen LogP contribution in [0.1, 0.15) is 37.9 Å². The summed E-state index contributed by atoms with van der Waals surface area (Å²) in [5, 5.41) is 5.99. The van der Waals surface area contributed by atoms with E-state index in [0.717, 1.165) is 31.5 Å². The van der Waals surface area contributed by atoms with Gasteiger partial charge in [-0.05, 0) is 30.8 Å². The number of unbranched alkanes of at least 4 members (excludes halogenated alkanes) is 1. The fourth-order valence-corrected chi connectivity index (χ4v) is 2.41. The first-order valence-corrected chi connectivity index (χ1v) is 6.87. The van der Waals surface area contributed by atoms with Gasteiger partial charge in [0.15, 0.2) is 0 Å². The van der Waals surface area contributed by atoms with Crippen molar-refractivity contribution in [3.63, 3.8) is 0 Å². The van der Waals surface area contributed by atoms with E-state index in [9.17, 15) is 0 Å². The Balaban J connectivity index is 2.30. The second-order valence-electron chi connectivity index (χ2n) is 4.62. The monoisotopic (exact) mass is 252 g/mol. The summed E-state index contributed by atoms with van der Waals surface area (Å²) < 4.78 is 0. The van der Waals surface area contributed by atoms with Crippen LogP contribution in [0.2, 0.25) is 0 Å². The molecule has 98 valence electrons. The third kappa shape index (κ3) is 3.33. The predicted molar refractivity (Wildman–Crippen MR) is 80.8 cm³/mol. The fraction of sp³-hybridized carbons (Fsp3) is 0.353. The summed E-state index contributed by atoms with van der Waals surface area (Å²) in [5.41, 5.74) is 1.14. The maximum atomic E-state index is 5.33. The molecule has 0 aliphatic carbocycles. The van der Waals surface area contributed by atoms with Crippen molar-refractivity contribution in [2.45, 2.75) is 32.2 Å². The largest absolute Gasteiger partial charge is 0.309 e. The Hall–Kier alpha value is -1.85. The van der Waals surface area contributed by atoms with Crippen LogP contribution < -0.4 is 5.32 Å². The molecule has 0 radical (unpaired) electrons. The average Bonchev–Trinajstić information content (AvgIpc) is 2.46. The zero-order valence-corrected chi connectivity index (χ0v) is 11.4. The molecular weight excluding hydrogens is 232 g/mol. The minimum absolute atomic E-state index is 0.282. The molecule has 2 nitrogen and oxygen atoms in total. The third-order valence-corrected chi connectivity index (χ3v) is 3.30. The van der Waals surface area contributed by atoms with Crippen LogP contribution in [0.5, 0.6) is 0 Å². The Bertz CT molecular complexity index is 563. The van der Waals surface area contributed by atoms with E-state index < -0.39 is 0 Å². The second kappa shape index (κ2) is 6.92. The zero-order chi connectivity index (χ0) is 13.5. The van der Waals surface area contributed by atoms with Crippen LogP contribution in [0.4, 0.5) is 0 Å². The normalized spacial score (nSPS) is 12.2. The highest BCUT2D eigenvalue weighted by Crippen LogP contribution is 2.25. The van der Waals surface area contributed by atoms with Crippen LogP contribution in [0, 0.1) is 12.3 Å². The lowest BCUT2D eigenvalue weighted by Crippen LogP contribution is -2.22. The van der Waals surface area contributed by atoms with Crippen LogP contribution in [-0.4, -0.2) is 11.5 Å². The molecule has 1 atom stereocenters. The molecule has 0 fully saturated rings. The number of terminal acetylenes is 1. The zero-order valence-electron chi connectivity index (χ0n) is 11.4. The van der Waals surface area contributed by atoms with Gasteiger partial charge in [-0.25, -0.2) is 0 Å². The Morgan fingerprint density at radius 2 is 2.16 bits per heavy atom. The van der Waals surface area contributed by atoms with E-state index in [1.54, 1.807) is 0 Å². The maximum Gasteiger partial charge on any atom is 0.0651 e. The van der Waals surface area contributed by atoms with Crippen molar-refractivity contribution in [2.75, 3.05) is 6.54 Å². The van der Waals surface area contributed by atoms with Crippen molar-refractivity contribution in [3.8, 4) is 12.3 Å². The summed E-state index contributed by atoms with van der Waals surface area (Å²) in [6, 6.07) is 10.7. The number of pyridine rings is 1. The van der Waals surface area contributed by atoms with Crippen LogP contribution in [0.15, 0.2) is 36.5 Å².